The number of anilines is 1. The summed E-state index contributed by atoms with van der Waals surface area (Å²) >= 11 is 0. The number of hydrogen-bond donors (Lipinski definition) is 2. The highest BCUT2D eigenvalue weighted by Crippen LogP contribution is 2.36. The van der Waals surface area contributed by atoms with Crippen LogP contribution in [0.3, 0.4) is 0 Å². The standard InChI is InChI=1S/C18H17F3N4O4S/c1-28-15-8-3-11(9-16(15)29-2)14-10-17(18(19,20)21)23-25(14)13-6-4-12(5-7-13)24-30(22,26)27/h3-10,24H,1-2H3,(H2,22,26,27). The lowest BCUT2D eigenvalue weighted by Crippen LogP contribution is -2.21. The van der Waals surface area contributed by atoms with Gasteiger partial charge in [-0.15, -0.1) is 0 Å². The Bertz CT molecular complexity index is 1160. The van der Waals surface area contributed by atoms with Crippen LogP contribution in [-0.4, -0.2) is 32.4 Å². The predicted octanol–water partition coefficient (Wildman–Crippen LogP) is 3.19. The van der Waals surface area contributed by atoms with Crippen LogP contribution in [0.4, 0.5) is 18.9 Å². The largest absolute Gasteiger partial charge is 0.493 e. The number of alkyl halides is 3. The number of nitrogens with zero attached hydrogens (tertiary/aromatic N) is 2. The average molecular weight is 442 g/mol. The molecule has 8 nitrogen and oxygen atoms in total. The van der Waals surface area contributed by atoms with Crippen LogP contribution in [-0.2, 0) is 16.4 Å². The second-order valence-corrected chi connectivity index (χ2v) is 7.38. The smallest absolute Gasteiger partial charge is 0.435 e. The molecular weight excluding hydrogens is 425 g/mol. The van der Waals surface area contributed by atoms with E-state index in [0.29, 0.717) is 17.1 Å². The predicted molar refractivity (Wildman–Crippen MR) is 104 cm³/mol. The van der Waals surface area contributed by atoms with Crippen molar-refractivity contribution >= 4 is 15.9 Å². The zero-order valence-electron chi connectivity index (χ0n) is 15.8. The van der Waals surface area contributed by atoms with E-state index in [1.165, 1.54) is 44.6 Å². The van der Waals surface area contributed by atoms with E-state index in [9.17, 15) is 21.6 Å². The van der Waals surface area contributed by atoms with Crippen molar-refractivity contribution < 1.29 is 31.1 Å². The topological polar surface area (TPSA) is 108 Å². The van der Waals surface area contributed by atoms with Crippen molar-refractivity contribution in [3.05, 3.63) is 54.2 Å². The molecule has 0 unspecified atom stereocenters. The third-order valence-corrected chi connectivity index (χ3v) is 4.57. The Kier molecular flexibility index (Phi) is 5.63. The number of ether oxygens (including phenoxy) is 2. The third kappa shape index (κ3) is 4.66. The molecule has 2 aromatic carbocycles. The van der Waals surface area contributed by atoms with E-state index in [1.807, 2.05) is 0 Å². The van der Waals surface area contributed by atoms with Crippen molar-refractivity contribution in [2.24, 2.45) is 5.14 Å². The second-order valence-electron chi connectivity index (χ2n) is 6.09. The van der Waals surface area contributed by atoms with Crippen molar-refractivity contribution in [1.29, 1.82) is 0 Å². The highest BCUT2D eigenvalue weighted by atomic mass is 32.2. The van der Waals surface area contributed by atoms with Crippen LogP contribution >= 0.6 is 0 Å². The fraction of sp³-hybridized carbons (Fsp3) is 0.167. The highest BCUT2D eigenvalue weighted by molar-refractivity contribution is 7.90. The fourth-order valence-electron chi connectivity index (χ4n) is 2.75. The van der Waals surface area contributed by atoms with Crippen LogP contribution in [0.15, 0.2) is 48.5 Å². The van der Waals surface area contributed by atoms with Gasteiger partial charge in [-0.25, -0.2) is 9.82 Å². The first-order chi connectivity index (χ1) is 14.0. The van der Waals surface area contributed by atoms with Gasteiger partial charge in [0, 0.05) is 11.3 Å². The van der Waals surface area contributed by atoms with E-state index in [1.54, 1.807) is 12.1 Å². The molecule has 0 fully saturated rings. The van der Waals surface area contributed by atoms with Gasteiger partial charge < -0.3 is 9.47 Å². The quantitative estimate of drug-likeness (QED) is 0.610. The maximum absolute atomic E-state index is 13.3. The first kappa shape index (κ1) is 21.5. The molecule has 0 bridgehead atoms. The summed E-state index contributed by atoms with van der Waals surface area (Å²) in [5.41, 5.74) is -0.107. The number of rotatable bonds is 6. The van der Waals surface area contributed by atoms with Gasteiger partial charge in [-0.2, -0.15) is 26.7 Å². The van der Waals surface area contributed by atoms with Gasteiger partial charge in [0.2, 0.25) is 0 Å². The number of benzene rings is 2. The average Bonchev–Trinajstić information content (AvgIpc) is 3.12. The summed E-state index contributed by atoms with van der Waals surface area (Å²) in [4.78, 5) is 0. The number of nitrogens with two attached hydrogens (primary N) is 1. The lowest BCUT2D eigenvalue weighted by atomic mass is 10.1. The van der Waals surface area contributed by atoms with E-state index in [0.717, 1.165) is 10.7 Å². The molecule has 1 heterocycles. The number of aromatic nitrogens is 2. The van der Waals surface area contributed by atoms with E-state index in [2.05, 4.69) is 9.82 Å². The van der Waals surface area contributed by atoms with Crippen molar-refractivity contribution in [1.82, 2.24) is 9.78 Å². The van der Waals surface area contributed by atoms with E-state index >= 15 is 0 Å². The van der Waals surface area contributed by atoms with Crippen molar-refractivity contribution in [3.8, 4) is 28.4 Å². The molecule has 160 valence electrons. The van der Waals surface area contributed by atoms with Crippen LogP contribution < -0.4 is 19.3 Å². The molecule has 0 spiro atoms. The van der Waals surface area contributed by atoms with Gasteiger partial charge >= 0.3 is 6.18 Å². The summed E-state index contributed by atoms with van der Waals surface area (Å²) in [5, 5.41) is 8.60. The summed E-state index contributed by atoms with van der Waals surface area (Å²) in [6, 6.07) is 11.1. The Morgan fingerprint density at radius 2 is 1.63 bits per heavy atom. The number of hydrogen-bond acceptors (Lipinski definition) is 5. The second kappa shape index (κ2) is 7.88. The fourth-order valence-corrected chi connectivity index (χ4v) is 3.22. The molecule has 3 rings (SSSR count). The van der Waals surface area contributed by atoms with Gasteiger partial charge in [-0.3, -0.25) is 4.72 Å². The molecular formula is C18H17F3N4O4S. The van der Waals surface area contributed by atoms with Crippen LogP contribution in [0.1, 0.15) is 5.69 Å². The Morgan fingerprint density at radius 3 is 2.17 bits per heavy atom. The van der Waals surface area contributed by atoms with Crippen LogP contribution in [0, 0.1) is 0 Å². The minimum absolute atomic E-state index is 0.149. The van der Waals surface area contributed by atoms with E-state index < -0.39 is 22.1 Å². The molecule has 0 radical (unpaired) electrons. The molecule has 30 heavy (non-hydrogen) atoms. The normalized spacial score (nSPS) is 11.9. The molecule has 0 aliphatic heterocycles. The summed E-state index contributed by atoms with van der Waals surface area (Å²) < 4.78 is 75.8. The van der Waals surface area contributed by atoms with Gasteiger partial charge in [-0.1, -0.05) is 0 Å². The summed E-state index contributed by atoms with van der Waals surface area (Å²) in [6.07, 6.45) is -4.66. The van der Waals surface area contributed by atoms with Gasteiger partial charge in [0.25, 0.3) is 10.2 Å². The van der Waals surface area contributed by atoms with Gasteiger partial charge in [0.05, 0.1) is 25.6 Å². The lowest BCUT2D eigenvalue weighted by Gasteiger charge is -2.12. The number of nitrogens with one attached hydrogen (secondary N) is 1. The van der Waals surface area contributed by atoms with E-state index in [-0.39, 0.29) is 17.1 Å². The zero-order chi connectivity index (χ0) is 22.1. The molecule has 3 N–H and O–H groups in total. The monoisotopic (exact) mass is 442 g/mol. The summed E-state index contributed by atoms with van der Waals surface area (Å²) in [5.74, 6) is 0.755. The minimum atomic E-state index is -4.66. The highest BCUT2D eigenvalue weighted by Gasteiger charge is 2.35. The summed E-state index contributed by atoms with van der Waals surface area (Å²) in [6.45, 7) is 0. The van der Waals surface area contributed by atoms with Gasteiger partial charge in [-0.05, 0) is 48.5 Å². The van der Waals surface area contributed by atoms with Crippen molar-refractivity contribution in [2.75, 3.05) is 18.9 Å². The number of methoxy groups -OCH3 is 2. The maximum Gasteiger partial charge on any atom is 0.435 e. The van der Waals surface area contributed by atoms with Crippen LogP contribution in [0.25, 0.3) is 16.9 Å². The molecule has 0 saturated heterocycles. The Balaban J connectivity index is 2.12. The molecule has 1 aromatic heterocycles. The molecule has 0 aliphatic carbocycles. The first-order valence-electron chi connectivity index (χ1n) is 8.32. The minimum Gasteiger partial charge on any atom is -0.493 e. The Hall–Kier alpha value is -3.25. The summed E-state index contributed by atoms with van der Waals surface area (Å²) in [7, 11) is -1.12. The van der Waals surface area contributed by atoms with Gasteiger partial charge in [0.15, 0.2) is 17.2 Å². The maximum atomic E-state index is 13.3. The van der Waals surface area contributed by atoms with Crippen LogP contribution in [0.5, 0.6) is 11.5 Å². The van der Waals surface area contributed by atoms with Crippen LogP contribution in [0.2, 0.25) is 0 Å². The molecule has 0 saturated carbocycles. The molecule has 3 aromatic rings. The third-order valence-electron chi connectivity index (χ3n) is 4.05. The Morgan fingerprint density at radius 1 is 1.00 bits per heavy atom. The van der Waals surface area contributed by atoms with Gasteiger partial charge in [0.1, 0.15) is 0 Å². The lowest BCUT2D eigenvalue weighted by molar-refractivity contribution is -0.141. The van der Waals surface area contributed by atoms with E-state index in [4.69, 9.17) is 14.6 Å². The number of halogens is 3. The zero-order valence-corrected chi connectivity index (χ0v) is 16.6. The Labute approximate surface area is 170 Å². The van der Waals surface area contributed by atoms with Crippen molar-refractivity contribution in [3.63, 3.8) is 0 Å². The van der Waals surface area contributed by atoms with Crippen molar-refractivity contribution in [2.45, 2.75) is 6.18 Å². The molecule has 0 amide bonds. The molecule has 0 aliphatic rings. The molecule has 0 atom stereocenters. The molecule has 12 heteroatoms. The SMILES string of the molecule is COc1ccc(-c2cc(C(F)(F)F)nn2-c2ccc(NS(N)(=O)=O)cc2)cc1OC. The first-order valence-corrected chi connectivity index (χ1v) is 9.87.